The largest absolute Gasteiger partial charge is 0.227 e. The molecule has 1 aromatic heterocycles. The third-order valence-electron chi connectivity index (χ3n) is 4.70. The summed E-state index contributed by atoms with van der Waals surface area (Å²) in [6, 6.07) is 14.9. The van der Waals surface area contributed by atoms with Gasteiger partial charge in [0.15, 0.2) is 0 Å². The molecule has 0 saturated heterocycles. The van der Waals surface area contributed by atoms with Crippen molar-refractivity contribution in [2.24, 2.45) is 0 Å². The van der Waals surface area contributed by atoms with E-state index in [2.05, 4.69) is 38.0 Å². The molecule has 0 aliphatic carbocycles. The molecule has 0 fully saturated rings. The van der Waals surface area contributed by atoms with Crippen molar-refractivity contribution in [2.45, 2.75) is 56.4 Å². The summed E-state index contributed by atoms with van der Waals surface area (Å²) in [5.41, 5.74) is 3.51. The molecule has 0 amide bonds. The Morgan fingerprint density at radius 3 is 2.30 bits per heavy atom. The van der Waals surface area contributed by atoms with Gasteiger partial charge in [-0.05, 0) is 54.2 Å². The normalized spacial score (nSPS) is 12.3. The lowest BCUT2D eigenvalue weighted by atomic mass is 9.87. The minimum Gasteiger partial charge on any atom is -0.217 e. The molecule has 6 heteroatoms. The van der Waals surface area contributed by atoms with Crippen LogP contribution in [0.2, 0.25) is 0 Å². The maximum Gasteiger partial charge on any atom is 0.227 e. The first kappa shape index (κ1) is 19.3. The fourth-order valence-corrected chi connectivity index (χ4v) is 4.30. The summed E-state index contributed by atoms with van der Waals surface area (Å²) in [7, 11) is -3.73. The van der Waals surface area contributed by atoms with Crippen LogP contribution in [0.15, 0.2) is 58.5 Å². The maximum absolute atomic E-state index is 13.1. The summed E-state index contributed by atoms with van der Waals surface area (Å²) in [6.07, 6.45) is 0.896. The Hall–Kier alpha value is -2.47. The minimum absolute atomic E-state index is 0.00656. The highest BCUT2D eigenvalue weighted by Crippen LogP contribution is 2.27. The molecule has 0 radical (unpaired) electrons. The van der Waals surface area contributed by atoms with Crippen molar-refractivity contribution >= 4 is 9.84 Å². The Bertz CT molecular complexity index is 1060. The van der Waals surface area contributed by atoms with Crippen LogP contribution >= 0.6 is 0 Å². The van der Waals surface area contributed by atoms with Gasteiger partial charge in [-0.2, -0.15) is 0 Å². The molecule has 142 valence electrons. The van der Waals surface area contributed by atoms with E-state index in [0.29, 0.717) is 5.69 Å². The number of hydrogen-bond acceptors (Lipinski definition) is 4. The first-order valence-electron chi connectivity index (χ1n) is 9.02. The second-order valence-electron chi connectivity index (χ2n) is 7.69. The summed E-state index contributed by atoms with van der Waals surface area (Å²) in [5.74, 6) is 0. The number of benzene rings is 2. The minimum atomic E-state index is -3.73. The van der Waals surface area contributed by atoms with Crippen molar-refractivity contribution in [2.75, 3.05) is 0 Å². The van der Waals surface area contributed by atoms with Crippen molar-refractivity contribution < 1.29 is 8.42 Å². The number of aromatic nitrogens is 3. The average molecular weight is 384 g/mol. The molecule has 27 heavy (non-hydrogen) atoms. The van der Waals surface area contributed by atoms with Crippen molar-refractivity contribution in [1.82, 2.24) is 15.0 Å². The van der Waals surface area contributed by atoms with Gasteiger partial charge in [-0.3, -0.25) is 0 Å². The van der Waals surface area contributed by atoms with Crippen LogP contribution in [0.5, 0.6) is 0 Å². The van der Waals surface area contributed by atoms with E-state index in [9.17, 15) is 8.42 Å². The maximum atomic E-state index is 13.1. The number of hydrogen-bond donors (Lipinski definition) is 0. The fraction of sp³-hybridized carbons (Fsp3) is 0.333. The van der Waals surface area contributed by atoms with Gasteiger partial charge >= 0.3 is 0 Å². The zero-order valence-corrected chi connectivity index (χ0v) is 17.2. The van der Waals surface area contributed by atoms with Crippen molar-refractivity contribution in [3.63, 3.8) is 0 Å². The van der Waals surface area contributed by atoms with Crippen LogP contribution in [0.4, 0.5) is 0 Å². The quantitative estimate of drug-likeness (QED) is 0.675. The third kappa shape index (κ3) is 3.67. The van der Waals surface area contributed by atoms with Crippen LogP contribution in [0.25, 0.3) is 5.69 Å². The van der Waals surface area contributed by atoms with Crippen LogP contribution in [-0.4, -0.2) is 23.4 Å². The first-order chi connectivity index (χ1) is 12.6. The Labute approximate surface area is 161 Å². The molecule has 0 spiro atoms. The standard InChI is InChI=1S/C21H25N3O2S/c1-6-16-8-7-9-18(14-16)24-15(2)20(22-23-24)27(25,26)19-12-10-17(11-13-19)21(3,4)5/h7-14H,6H2,1-5H3. The van der Waals surface area contributed by atoms with E-state index in [1.807, 2.05) is 36.4 Å². The molecule has 3 rings (SSSR count). The molecule has 0 saturated carbocycles. The van der Waals surface area contributed by atoms with E-state index < -0.39 is 9.84 Å². The molecule has 0 N–H and O–H groups in total. The Balaban J connectivity index is 2.02. The molecule has 3 aromatic rings. The molecular weight excluding hydrogens is 358 g/mol. The highest BCUT2D eigenvalue weighted by molar-refractivity contribution is 7.91. The fourth-order valence-electron chi connectivity index (χ4n) is 2.96. The lowest BCUT2D eigenvalue weighted by molar-refractivity contribution is 0.584. The van der Waals surface area contributed by atoms with Crippen molar-refractivity contribution in [1.29, 1.82) is 0 Å². The second kappa shape index (κ2) is 6.93. The van der Waals surface area contributed by atoms with Gasteiger partial charge in [0.05, 0.1) is 16.3 Å². The number of sulfone groups is 1. The molecular formula is C21H25N3O2S. The zero-order valence-electron chi connectivity index (χ0n) is 16.4. The number of nitrogens with zero attached hydrogens (tertiary/aromatic N) is 3. The lowest BCUT2D eigenvalue weighted by Gasteiger charge is -2.19. The number of aryl methyl sites for hydroxylation is 1. The van der Waals surface area contributed by atoms with E-state index in [0.717, 1.165) is 23.2 Å². The van der Waals surface area contributed by atoms with Gasteiger partial charge in [0, 0.05) is 0 Å². The molecule has 1 heterocycles. The summed E-state index contributed by atoms with van der Waals surface area (Å²) in [6.45, 7) is 10.1. The Kier molecular flexibility index (Phi) is 4.95. The van der Waals surface area contributed by atoms with Crippen LogP contribution in [0.1, 0.15) is 44.5 Å². The Morgan fingerprint density at radius 2 is 1.70 bits per heavy atom. The summed E-state index contributed by atoms with van der Waals surface area (Å²) in [5, 5.41) is 8.08. The predicted octanol–water partition coefficient (Wildman–Crippen LogP) is 4.27. The highest BCUT2D eigenvalue weighted by atomic mass is 32.2. The smallest absolute Gasteiger partial charge is 0.217 e. The molecule has 2 aromatic carbocycles. The summed E-state index contributed by atoms with van der Waals surface area (Å²) < 4.78 is 27.7. The molecule has 0 unspecified atom stereocenters. The molecule has 0 aliphatic heterocycles. The van der Waals surface area contributed by atoms with Gasteiger partial charge in [0.2, 0.25) is 14.9 Å². The van der Waals surface area contributed by atoms with Crippen LogP contribution in [0.3, 0.4) is 0 Å². The molecule has 0 atom stereocenters. The van der Waals surface area contributed by atoms with E-state index in [1.54, 1.807) is 23.7 Å². The van der Waals surface area contributed by atoms with Gasteiger partial charge in [-0.25, -0.2) is 13.1 Å². The summed E-state index contributed by atoms with van der Waals surface area (Å²) >= 11 is 0. The molecule has 5 nitrogen and oxygen atoms in total. The van der Waals surface area contributed by atoms with Gasteiger partial charge < -0.3 is 0 Å². The lowest BCUT2D eigenvalue weighted by Crippen LogP contribution is -2.11. The third-order valence-corrected chi connectivity index (χ3v) is 6.48. The van der Waals surface area contributed by atoms with Gasteiger partial charge in [0.1, 0.15) is 0 Å². The van der Waals surface area contributed by atoms with E-state index in [4.69, 9.17) is 0 Å². The number of rotatable bonds is 4. The Morgan fingerprint density at radius 1 is 1.04 bits per heavy atom. The van der Waals surface area contributed by atoms with Gasteiger partial charge in [0.25, 0.3) is 0 Å². The van der Waals surface area contributed by atoms with E-state index in [-0.39, 0.29) is 15.3 Å². The molecule has 0 aliphatic rings. The van der Waals surface area contributed by atoms with Crippen molar-refractivity contribution in [3.05, 3.63) is 65.4 Å². The van der Waals surface area contributed by atoms with E-state index >= 15 is 0 Å². The SMILES string of the molecule is CCc1cccc(-n2nnc(S(=O)(=O)c3ccc(C(C)(C)C)cc3)c2C)c1. The average Bonchev–Trinajstić information content (AvgIpc) is 3.03. The van der Waals surface area contributed by atoms with Crippen molar-refractivity contribution in [3.8, 4) is 5.69 Å². The zero-order chi connectivity index (χ0) is 19.8. The monoisotopic (exact) mass is 383 g/mol. The highest BCUT2D eigenvalue weighted by Gasteiger charge is 2.26. The van der Waals surface area contributed by atoms with Crippen LogP contribution in [-0.2, 0) is 21.7 Å². The van der Waals surface area contributed by atoms with Crippen LogP contribution in [0, 0.1) is 6.92 Å². The first-order valence-corrected chi connectivity index (χ1v) is 10.5. The predicted molar refractivity (Wildman–Crippen MR) is 106 cm³/mol. The topological polar surface area (TPSA) is 64.8 Å². The van der Waals surface area contributed by atoms with Crippen LogP contribution < -0.4 is 0 Å². The second-order valence-corrected chi connectivity index (χ2v) is 9.56. The summed E-state index contributed by atoms with van der Waals surface area (Å²) in [4.78, 5) is 0.230. The van der Waals surface area contributed by atoms with Gasteiger partial charge in [-0.1, -0.05) is 57.2 Å². The molecule has 0 bridgehead atoms. The van der Waals surface area contributed by atoms with E-state index in [1.165, 1.54) is 0 Å². The van der Waals surface area contributed by atoms with Gasteiger partial charge in [-0.15, -0.1) is 5.10 Å².